The van der Waals surface area contributed by atoms with Crippen molar-refractivity contribution in [2.75, 3.05) is 6.61 Å². The van der Waals surface area contributed by atoms with E-state index < -0.39 is 35.6 Å². The van der Waals surface area contributed by atoms with Crippen LogP contribution >= 0.6 is 0 Å². The zero-order valence-corrected chi connectivity index (χ0v) is 16.6. The van der Waals surface area contributed by atoms with Gasteiger partial charge in [-0.1, -0.05) is 0 Å². The van der Waals surface area contributed by atoms with E-state index in [4.69, 9.17) is 9.15 Å². The summed E-state index contributed by atoms with van der Waals surface area (Å²) in [5.74, 6) is -2.91. The predicted octanol–water partition coefficient (Wildman–Crippen LogP) is 4.59. The second kappa shape index (κ2) is 8.10. The molecule has 1 aromatic carbocycles. The Balaban J connectivity index is 1.67. The lowest BCUT2D eigenvalue weighted by atomic mass is 10.1. The number of hydrogen-bond donors (Lipinski definition) is 0. The maximum atomic E-state index is 13.8. The third kappa shape index (κ3) is 3.94. The fourth-order valence-electron chi connectivity index (χ4n) is 3.11. The van der Waals surface area contributed by atoms with E-state index in [9.17, 15) is 18.4 Å². The molecule has 4 aromatic rings. The second-order valence-corrected chi connectivity index (χ2v) is 7.08. The summed E-state index contributed by atoms with van der Waals surface area (Å²) in [7, 11) is 0. The van der Waals surface area contributed by atoms with Crippen LogP contribution < -0.4 is 0 Å². The maximum Gasteiger partial charge on any atom is 0.339 e. The van der Waals surface area contributed by atoms with Crippen LogP contribution in [0.25, 0.3) is 22.5 Å². The summed E-state index contributed by atoms with van der Waals surface area (Å²) in [6.45, 7) is 3.08. The number of carbonyl (C=O) groups is 2. The molecule has 0 saturated carbocycles. The molecule has 0 aliphatic carbocycles. The van der Waals surface area contributed by atoms with Gasteiger partial charge in [0.05, 0.1) is 29.0 Å². The van der Waals surface area contributed by atoms with E-state index in [1.807, 2.05) is 13.8 Å². The molecule has 0 unspecified atom stereocenters. The van der Waals surface area contributed by atoms with Crippen molar-refractivity contribution in [3.05, 3.63) is 71.6 Å². The number of furan rings is 1. The monoisotopic (exact) mass is 425 g/mol. The molecule has 158 valence electrons. The smallest absolute Gasteiger partial charge is 0.339 e. The number of esters is 1. The van der Waals surface area contributed by atoms with Crippen molar-refractivity contribution in [3.8, 4) is 11.5 Å². The molecule has 31 heavy (non-hydrogen) atoms. The van der Waals surface area contributed by atoms with Crippen molar-refractivity contribution >= 4 is 22.8 Å². The van der Waals surface area contributed by atoms with E-state index in [1.54, 1.807) is 16.8 Å². The molecule has 0 bridgehead atoms. The summed E-state index contributed by atoms with van der Waals surface area (Å²) >= 11 is 0. The van der Waals surface area contributed by atoms with Gasteiger partial charge in [0.15, 0.2) is 18.0 Å². The van der Waals surface area contributed by atoms with Crippen molar-refractivity contribution < 1.29 is 27.5 Å². The van der Waals surface area contributed by atoms with Crippen LogP contribution in [0.5, 0.6) is 0 Å². The minimum absolute atomic E-state index is 0.0294. The number of benzene rings is 1. The summed E-state index contributed by atoms with van der Waals surface area (Å²) in [6, 6.07) is 7.32. The van der Waals surface area contributed by atoms with Gasteiger partial charge >= 0.3 is 5.97 Å². The Labute approximate surface area is 175 Å². The summed E-state index contributed by atoms with van der Waals surface area (Å²) in [5.41, 5.74) is 0.458. The Morgan fingerprint density at radius 3 is 2.68 bits per heavy atom. The lowest BCUT2D eigenvalue weighted by Gasteiger charge is -2.10. The molecular weight excluding hydrogens is 408 g/mol. The van der Waals surface area contributed by atoms with E-state index in [2.05, 4.69) is 10.1 Å². The van der Waals surface area contributed by atoms with E-state index >= 15 is 0 Å². The highest BCUT2D eigenvalue weighted by Crippen LogP contribution is 2.27. The average molecular weight is 425 g/mol. The fourth-order valence-corrected chi connectivity index (χ4v) is 3.11. The van der Waals surface area contributed by atoms with Crippen molar-refractivity contribution in [2.24, 2.45) is 0 Å². The predicted molar refractivity (Wildman–Crippen MR) is 107 cm³/mol. The van der Waals surface area contributed by atoms with Gasteiger partial charge in [-0.05, 0) is 50.2 Å². The van der Waals surface area contributed by atoms with Gasteiger partial charge < -0.3 is 9.15 Å². The first-order chi connectivity index (χ1) is 14.8. The van der Waals surface area contributed by atoms with E-state index in [0.29, 0.717) is 22.5 Å². The van der Waals surface area contributed by atoms with Crippen molar-refractivity contribution in [2.45, 2.75) is 19.9 Å². The molecule has 7 nitrogen and oxygen atoms in total. The molecular formula is C22H17F2N3O4. The Hall–Kier alpha value is -3.88. The van der Waals surface area contributed by atoms with Crippen molar-refractivity contribution in [1.82, 2.24) is 14.8 Å². The number of pyridine rings is 1. The molecule has 3 heterocycles. The van der Waals surface area contributed by atoms with Gasteiger partial charge in [0.2, 0.25) is 5.78 Å². The van der Waals surface area contributed by atoms with Gasteiger partial charge in [0, 0.05) is 6.04 Å². The zero-order valence-electron chi connectivity index (χ0n) is 16.6. The molecule has 0 saturated heterocycles. The summed E-state index contributed by atoms with van der Waals surface area (Å²) in [6.07, 6.45) is 2.96. The summed E-state index contributed by atoms with van der Waals surface area (Å²) < 4.78 is 39.3. The first kappa shape index (κ1) is 20.4. The number of aromatic nitrogens is 3. The number of carbonyl (C=O) groups excluding carboxylic acids is 2. The highest BCUT2D eigenvalue weighted by atomic mass is 19.1. The number of rotatable bonds is 6. The van der Waals surface area contributed by atoms with Crippen LogP contribution in [0.2, 0.25) is 0 Å². The van der Waals surface area contributed by atoms with Gasteiger partial charge in [-0.25, -0.2) is 23.2 Å². The number of ether oxygens (including phenoxy) is 1. The number of ketones is 1. The van der Waals surface area contributed by atoms with Crippen LogP contribution in [0.15, 0.2) is 53.3 Å². The summed E-state index contributed by atoms with van der Waals surface area (Å²) in [4.78, 5) is 29.6. The van der Waals surface area contributed by atoms with Crippen LogP contribution in [0.4, 0.5) is 8.78 Å². The zero-order chi connectivity index (χ0) is 22.1. The highest BCUT2D eigenvalue weighted by molar-refractivity contribution is 6.05. The Morgan fingerprint density at radius 1 is 1.16 bits per heavy atom. The minimum Gasteiger partial charge on any atom is -0.463 e. The first-order valence-electron chi connectivity index (χ1n) is 9.42. The van der Waals surface area contributed by atoms with E-state index in [1.165, 1.54) is 18.5 Å². The maximum absolute atomic E-state index is 13.8. The molecule has 0 fully saturated rings. The van der Waals surface area contributed by atoms with Crippen LogP contribution in [0.3, 0.4) is 0 Å². The normalized spacial score (nSPS) is 11.3. The van der Waals surface area contributed by atoms with Gasteiger partial charge in [-0.15, -0.1) is 0 Å². The lowest BCUT2D eigenvalue weighted by molar-refractivity contribution is 0.0475. The van der Waals surface area contributed by atoms with Crippen molar-refractivity contribution in [1.29, 1.82) is 0 Å². The molecule has 0 aliphatic rings. The Kier molecular flexibility index (Phi) is 5.33. The molecule has 0 radical (unpaired) electrons. The van der Waals surface area contributed by atoms with Gasteiger partial charge in [0.25, 0.3) is 0 Å². The molecule has 0 aliphatic heterocycles. The van der Waals surface area contributed by atoms with Crippen LogP contribution in [-0.2, 0) is 4.74 Å². The molecule has 4 rings (SSSR count). The molecule has 3 aromatic heterocycles. The Morgan fingerprint density at radius 2 is 1.97 bits per heavy atom. The third-order valence-electron chi connectivity index (χ3n) is 4.61. The Bertz CT molecular complexity index is 1280. The van der Waals surface area contributed by atoms with Crippen LogP contribution in [0.1, 0.15) is 40.6 Å². The van der Waals surface area contributed by atoms with Gasteiger partial charge in [-0.3, -0.25) is 4.79 Å². The molecule has 0 spiro atoms. The van der Waals surface area contributed by atoms with Gasteiger partial charge in [0.1, 0.15) is 17.3 Å². The lowest BCUT2D eigenvalue weighted by Crippen LogP contribution is -2.16. The second-order valence-electron chi connectivity index (χ2n) is 7.08. The number of nitrogens with zero attached hydrogens (tertiary/aromatic N) is 3. The van der Waals surface area contributed by atoms with E-state index in [-0.39, 0.29) is 11.6 Å². The number of hydrogen-bond acceptors (Lipinski definition) is 6. The standard InChI is InChI=1S/C22H17F2N3O4/c1-12(2)27-21-16(10-25-27)14(9-18(26-21)20-4-3-7-30-20)22(29)31-11-19(28)15-8-13(23)5-6-17(15)24/h3-10,12H,11H2,1-2H3. The molecule has 0 N–H and O–H groups in total. The van der Waals surface area contributed by atoms with Gasteiger partial charge in [-0.2, -0.15) is 5.10 Å². The van der Waals surface area contributed by atoms with Crippen LogP contribution in [-0.4, -0.2) is 33.1 Å². The molecule has 0 atom stereocenters. The average Bonchev–Trinajstić information content (AvgIpc) is 3.42. The number of fused-ring (bicyclic) bond motifs is 1. The topological polar surface area (TPSA) is 87.2 Å². The quantitative estimate of drug-likeness (QED) is 0.332. The first-order valence-corrected chi connectivity index (χ1v) is 9.42. The third-order valence-corrected chi connectivity index (χ3v) is 4.61. The summed E-state index contributed by atoms with van der Waals surface area (Å²) in [5, 5.41) is 4.71. The molecule has 0 amide bonds. The highest BCUT2D eigenvalue weighted by Gasteiger charge is 2.22. The SMILES string of the molecule is CC(C)n1ncc2c(C(=O)OCC(=O)c3cc(F)ccc3F)cc(-c3ccco3)nc21. The van der Waals surface area contributed by atoms with Crippen molar-refractivity contribution in [3.63, 3.8) is 0 Å². The largest absolute Gasteiger partial charge is 0.463 e. The van der Waals surface area contributed by atoms with Crippen LogP contribution in [0, 0.1) is 11.6 Å². The number of Topliss-reactive ketones (excluding diaryl/α,β-unsaturated/α-hetero) is 1. The fraction of sp³-hybridized carbons (Fsp3) is 0.182. The van der Waals surface area contributed by atoms with E-state index in [0.717, 1.165) is 18.2 Å². The number of halogens is 2. The molecule has 9 heteroatoms. The minimum atomic E-state index is -0.896.